The minimum Gasteiger partial charge on any atom is -0.378 e. The minimum atomic E-state index is 0.104. The van der Waals surface area contributed by atoms with Gasteiger partial charge in [-0.1, -0.05) is 13.0 Å². The fraction of sp³-hybridized carbons (Fsp3) is 0.615. The maximum atomic E-state index is 6.55. The topological polar surface area (TPSA) is 22.1 Å². The minimum absolute atomic E-state index is 0.104. The molecule has 1 saturated heterocycles. The van der Waals surface area contributed by atoms with Crippen LogP contribution in [0.3, 0.4) is 0 Å². The van der Waals surface area contributed by atoms with E-state index in [2.05, 4.69) is 18.8 Å². The van der Waals surface area contributed by atoms with Crippen molar-refractivity contribution in [2.24, 2.45) is 5.92 Å². The Balaban J connectivity index is 2.07. The Morgan fingerprint density at radius 1 is 1.50 bits per heavy atom. The van der Waals surface area contributed by atoms with Crippen molar-refractivity contribution in [3.63, 3.8) is 0 Å². The molecule has 1 aliphatic heterocycles. The van der Waals surface area contributed by atoms with E-state index in [1.165, 1.54) is 0 Å². The summed E-state index contributed by atoms with van der Waals surface area (Å²) in [7, 11) is 0. The van der Waals surface area contributed by atoms with E-state index in [0.29, 0.717) is 5.92 Å². The monoisotopic (exact) mass is 239 g/mol. The Bertz CT molecular complexity index is 330. The lowest BCUT2D eigenvalue weighted by molar-refractivity contribution is 0.103. The Morgan fingerprint density at radius 3 is 2.88 bits per heavy atom. The fourth-order valence-corrected chi connectivity index (χ4v) is 2.81. The summed E-state index contributed by atoms with van der Waals surface area (Å²) in [5.41, 5.74) is 1.07. The van der Waals surface area contributed by atoms with Crippen LogP contribution >= 0.6 is 11.6 Å². The third-order valence-electron chi connectivity index (χ3n) is 3.48. The average Bonchev–Trinajstić information content (AvgIpc) is 2.75. The average molecular weight is 240 g/mol. The lowest BCUT2D eigenvalue weighted by atomic mass is 9.88. The van der Waals surface area contributed by atoms with Crippen LogP contribution < -0.4 is 0 Å². The first kappa shape index (κ1) is 11.9. The lowest BCUT2D eigenvalue weighted by Gasteiger charge is -2.25. The molecule has 0 N–H and O–H groups in total. The summed E-state index contributed by atoms with van der Waals surface area (Å²) in [6, 6.07) is 5.98. The van der Waals surface area contributed by atoms with Gasteiger partial charge in [0.25, 0.3) is 0 Å². The fourth-order valence-electron chi connectivity index (χ4n) is 2.35. The Kier molecular flexibility index (Phi) is 3.82. The number of alkyl halides is 1. The number of ether oxygens (including phenoxy) is 1. The van der Waals surface area contributed by atoms with Gasteiger partial charge in [-0.15, -0.1) is 11.6 Å². The zero-order valence-corrected chi connectivity index (χ0v) is 10.5. The van der Waals surface area contributed by atoms with Crippen LogP contribution in [0.5, 0.6) is 0 Å². The van der Waals surface area contributed by atoms with Crippen molar-refractivity contribution in [1.82, 2.24) is 4.98 Å². The van der Waals surface area contributed by atoms with Crippen molar-refractivity contribution >= 4 is 11.6 Å². The number of halogens is 1. The van der Waals surface area contributed by atoms with E-state index in [0.717, 1.165) is 18.7 Å². The molecule has 4 unspecified atom stereocenters. The molecule has 0 amide bonds. The summed E-state index contributed by atoms with van der Waals surface area (Å²) < 4.78 is 5.57. The maximum absolute atomic E-state index is 6.55. The van der Waals surface area contributed by atoms with E-state index in [-0.39, 0.29) is 17.4 Å². The highest BCUT2D eigenvalue weighted by atomic mass is 35.5. The highest BCUT2D eigenvalue weighted by Crippen LogP contribution is 2.35. The molecule has 1 fully saturated rings. The van der Waals surface area contributed by atoms with Crippen LogP contribution in [-0.2, 0) is 4.74 Å². The number of hydrogen-bond acceptors (Lipinski definition) is 2. The van der Waals surface area contributed by atoms with E-state index in [1.807, 2.05) is 24.4 Å². The van der Waals surface area contributed by atoms with Crippen LogP contribution in [0.1, 0.15) is 31.9 Å². The van der Waals surface area contributed by atoms with Crippen molar-refractivity contribution in [2.45, 2.75) is 37.7 Å². The Morgan fingerprint density at radius 2 is 2.31 bits per heavy atom. The van der Waals surface area contributed by atoms with Gasteiger partial charge in [-0.3, -0.25) is 4.98 Å². The van der Waals surface area contributed by atoms with Crippen LogP contribution in [0.2, 0.25) is 0 Å². The molecule has 1 aromatic rings. The molecule has 2 nitrogen and oxygen atoms in total. The van der Waals surface area contributed by atoms with E-state index in [1.54, 1.807) is 0 Å². The highest BCUT2D eigenvalue weighted by molar-refractivity contribution is 6.21. The molecule has 2 heterocycles. The molecule has 1 aromatic heterocycles. The third kappa shape index (κ3) is 2.38. The van der Waals surface area contributed by atoms with Crippen molar-refractivity contribution in [2.75, 3.05) is 6.61 Å². The van der Waals surface area contributed by atoms with Gasteiger partial charge in [0.05, 0.1) is 6.10 Å². The normalized spacial score (nSPS) is 28.9. The van der Waals surface area contributed by atoms with Gasteiger partial charge in [0.15, 0.2) is 0 Å². The Labute approximate surface area is 102 Å². The first-order valence-corrected chi connectivity index (χ1v) is 6.30. The van der Waals surface area contributed by atoms with Gasteiger partial charge in [-0.2, -0.15) is 0 Å². The van der Waals surface area contributed by atoms with Crippen molar-refractivity contribution < 1.29 is 4.74 Å². The molecular formula is C13H18ClNO. The predicted octanol–water partition coefficient (Wildman–Crippen LogP) is 3.22. The summed E-state index contributed by atoms with van der Waals surface area (Å²) in [6.07, 6.45) is 3.16. The summed E-state index contributed by atoms with van der Waals surface area (Å²) in [5.74, 6) is 0.718. The molecule has 0 spiro atoms. The van der Waals surface area contributed by atoms with E-state index in [4.69, 9.17) is 16.3 Å². The molecule has 0 aliphatic carbocycles. The quantitative estimate of drug-likeness (QED) is 0.756. The second kappa shape index (κ2) is 5.15. The number of nitrogens with zero attached hydrogens (tertiary/aromatic N) is 1. The van der Waals surface area contributed by atoms with Crippen molar-refractivity contribution in [3.05, 3.63) is 30.1 Å². The van der Waals surface area contributed by atoms with Gasteiger partial charge in [-0.25, -0.2) is 0 Å². The molecule has 0 radical (unpaired) electrons. The summed E-state index contributed by atoms with van der Waals surface area (Å²) in [5, 5.41) is 0.104. The molecule has 0 saturated carbocycles. The largest absolute Gasteiger partial charge is 0.378 e. The number of hydrogen-bond donors (Lipinski definition) is 0. The molecule has 88 valence electrons. The molecule has 0 bridgehead atoms. The van der Waals surface area contributed by atoms with E-state index >= 15 is 0 Å². The van der Waals surface area contributed by atoms with Crippen LogP contribution in [0.15, 0.2) is 24.4 Å². The molecule has 3 heteroatoms. The number of rotatable bonds is 3. The van der Waals surface area contributed by atoms with Crippen molar-refractivity contribution in [1.29, 1.82) is 0 Å². The van der Waals surface area contributed by atoms with Crippen LogP contribution in [-0.4, -0.2) is 23.1 Å². The predicted molar refractivity (Wildman–Crippen MR) is 65.8 cm³/mol. The van der Waals surface area contributed by atoms with Gasteiger partial charge >= 0.3 is 0 Å². The van der Waals surface area contributed by atoms with E-state index in [9.17, 15) is 0 Å². The lowest BCUT2D eigenvalue weighted by Crippen LogP contribution is -2.26. The zero-order chi connectivity index (χ0) is 11.5. The molecule has 2 rings (SSSR count). The van der Waals surface area contributed by atoms with Gasteiger partial charge in [0.2, 0.25) is 0 Å². The van der Waals surface area contributed by atoms with Crippen LogP contribution in [0.4, 0.5) is 0 Å². The SMILES string of the molecule is CC1OCCC1C(Cl)C(C)c1ccccn1. The number of pyridine rings is 1. The van der Waals surface area contributed by atoms with Gasteiger partial charge in [0.1, 0.15) is 0 Å². The number of aromatic nitrogens is 1. The second-order valence-corrected chi connectivity index (χ2v) is 5.02. The van der Waals surface area contributed by atoms with Gasteiger partial charge < -0.3 is 4.74 Å². The maximum Gasteiger partial charge on any atom is 0.0590 e. The first-order valence-electron chi connectivity index (χ1n) is 5.86. The van der Waals surface area contributed by atoms with Gasteiger partial charge in [0, 0.05) is 35.7 Å². The van der Waals surface area contributed by atoms with Crippen molar-refractivity contribution in [3.8, 4) is 0 Å². The third-order valence-corrected chi connectivity index (χ3v) is 4.18. The second-order valence-electron chi connectivity index (χ2n) is 4.52. The molecule has 16 heavy (non-hydrogen) atoms. The van der Waals surface area contributed by atoms with Crippen LogP contribution in [0, 0.1) is 5.92 Å². The molecule has 0 aromatic carbocycles. The molecule has 1 aliphatic rings. The summed E-state index contributed by atoms with van der Waals surface area (Å²) >= 11 is 6.55. The Hall–Kier alpha value is -0.600. The smallest absolute Gasteiger partial charge is 0.0590 e. The first-order chi connectivity index (χ1) is 7.70. The summed E-state index contributed by atoms with van der Waals surface area (Å²) in [6.45, 7) is 5.09. The standard InChI is InChI=1S/C13H18ClNO/c1-9(12-5-3-4-7-15-12)13(14)11-6-8-16-10(11)2/h3-5,7,9-11,13H,6,8H2,1-2H3. The summed E-state index contributed by atoms with van der Waals surface area (Å²) in [4.78, 5) is 4.37. The molecular weight excluding hydrogens is 222 g/mol. The van der Waals surface area contributed by atoms with Gasteiger partial charge in [-0.05, 0) is 25.5 Å². The highest BCUT2D eigenvalue weighted by Gasteiger charge is 2.34. The van der Waals surface area contributed by atoms with Crippen LogP contribution in [0.25, 0.3) is 0 Å². The molecule has 4 atom stereocenters. The van der Waals surface area contributed by atoms with E-state index < -0.39 is 0 Å². The zero-order valence-electron chi connectivity index (χ0n) is 9.77.